The standard InChI is InChI=1S/C12H14N4O2S/c1-15-8-11(12(13)14-15)19(17,18)16-6-9-4-2-3-5-10(9)7-16/h2-5,8H,6-7H2,1H3,(H2,13,14). The number of rotatable bonds is 2. The Morgan fingerprint density at radius 3 is 2.26 bits per heavy atom. The van der Waals surface area contributed by atoms with E-state index in [1.165, 1.54) is 15.2 Å². The predicted molar refractivity (Wildman–Crippen MR) is 70.5 cm³/mol. The van der Waals surface area contributed by atoms with E-state index in [9.17, 15) is 8.42 Å². The highest BCUT2D eigenvalue weighted by molar-refractivity contribution is 7.89. The molecular weight excluding hydrogens is 264 g/mol. The maximum absolute atomic E-state index is 12.5. The van der Waals surface area contributed by atoms with Crippen molar-refractivity contribution in [2.24, 2.45) is 7.05 Å². The third-order valence-corrected chi connectivity index (χ3v) is 5.06. The molecule has 6 nitrogen and oxygen atoms in total. The Morgan fingerprint density at radius 1 is 1.21 bits per heavy atom. The van der Waals surface area contributed by atoms with Crippen molar-refractivity contribution in [3.8, 4) is 0 Å². The summed E-state index contributed by atoms with van der Waals surface area (Å²) in [5, 5.41) is 3.89. The summed E-state index contributed by atoms with van der Waals surface area (Å²) in [5.41, 5.74) is 7.73. The summed E-state index contributed by atoms with van der Waals surface area (Å²) >= 11 is 0. The number of nitrogens with zero attached hydrogens (tertiary/aromatic N) is 3. The van der Waals surface area contributed by atoms with Gasteiger partial charge in [0.2, 0.25) is 10.0 Å². The molecule has 0 saturated carbocycles. The Kier molecular flexibility index (Phi) is 2.61. The van der Waals surface area contributed by atoms with Crippen LogP contribution in [0.3, 0.4) is 0 Å². The molecule has 0 bridgehead atoms. The van der Waals surface area contributed by atoms with E-state index in [2.05, 4.69) is 5.10 Å². The van der Waals surface area contributed by atoms with Crippen LogP contribution in [-0.2, 0) is 30.2 Å². The zero-order valence-electron chi connectivity index (χ0n) is 10.4. The fourth-order valence-corrected chi connectivity index (χ4v) is 3.78. The van der Waals surface area contributed by atoms with Crippen molar-refractivity contribution in [2.45, 2.75) is 18.0 Å². The zero-order chi connectivity index (χ0) is 13.6. The van der Waals surface area contributed by atoms with Crippen molar-refractivity contribution in [3.63, 3.8) is 0 Å². The smallest absolute Gasteiger partial charge is 0.248 e. The highest BCUT2D eigenvalue weighted by Crippen LogP contribution is 2.29. The first-order chi connectivity index (χ1) is 8.98. The zero-order valence-corrected chi connectivity index (χ0v) is 11.3. The molecule has 1 aliphatic heterocycles. The first-order valence-corrected chi connectivity index (χ1v) is 7.28. The predicted octanol–water partition coefficient (Wildman–Crippen LogP) is 0.707. The molecule has 2 aromatic rings. The van der Waals surface area contributed by atoms with Gasteiger partial charge >= 0.3 is 0 Å². The summed E-state index contributed by atoms with van der Waals surface area (Å²) in [6.45, 7) is 0.764. The van der Waals surface area contributed by atoms with E-state index in [1.807, 2.05) is 24.3 Å². The van der Waals surface area contributed by atoms with Gasteiger partial charge in [-0.25, -0.2) is 8.42 Å². The number of fused-ring (bicyclic) bond motifs is 1. The lowest BCUT2D eigenvalue weighted by atomic mass is 10.1. The summed E-state index contributed by atoms with van der Waals surface area (Å²) in [4.78, 5) is 0.0720. The number of benzene rings is 1. The van der Waals surface area contributed by atoms with Gasteiger partial charge in [-0.1, -0.05) is 24.3 Å². The van der Waals surface area contributed by atoms with E-state index < -0.39 is 10.0 Å². The van der Waals surface area contributed by atoms with Crippen LogP contribution in [0.5, 0.6) is 0 Å². The van der Waals surface area contributed by atoms with E-state index in [-0.39, 0.29) is 10.7 Å². The van der Waals surface area contributed by atoms with Crippen molar-refractivity contribution in [3.05, 3.63) is 41.6 Å². The van der Waals surface area contributed by atoms with Crippen LogP contribution in [0.4, 0.5) is 5.82 Å². The van der Waals surface area contributed by atoms with Crippen molar-refractivity contribution in [1.82, 2.24) is 14.1 Å². The average Bonchev–Trinajstić information content (AvgIpc) is 2.92. The minimum atomic E-state index is -3.59. The average molecular weight is 278 g/mol. The molecule has 7 heteroatoms. The number of hydrogen-bond donors (Lipinski definition) is 1. The van der Waals surface area contributed by atoms with Gasteiger partial charge < -0.3 is 5.73 Å². The molecule has 1 aliphatic rings. The van der Waals surface area contributed by atoms with Crippen LogP contribution in [0.15, 0.2) is 35.4 Å². The van der Waals surface area contributed by atoms with Gasteiger partial charge in [-0.05, 0) is 11.1 Å². The van der Waals surface area contributed by atoms with Crippen LogP contribution >= 0.6 is 0 Å². The molecule has 2 N–H and O–H groups in total. The third kappa shape index (κ3) is 1.91. The number of nitrogens with two attached hydrogens (primary N) is 1. The number of aryl methyl sites for hydroxylation is 1. The Bertz CT molecular complexity index is 711. The molecule has 1 aromatic heterocycles. The molecular formula is C12H14N4O2S. The maximum atomic E-state index is 12.5. The van der Waals surface area contributed by atoms with Crippen LogP contribution < -0.4 is 5.73 Å². The number of sulfonamides is 1. The topological polar surface area (TPSA) is 81.2 Å². The van der Waals surface area contributed by atoms with E-state index >= 15 is 0 Å². The lowest BCUT2D eigenvalue weighted by Gasteiger charge is -2.14. The van der Waals surface area contributed by atoms with Gasteiger partial charge in [-0.2, -0.15) is 9.40 Å². The van der Waals surface area contributed by atoms with E-state index in [0.29, 0.717) is 13.1 Å². The van der Waals surface area contributed by atoms with E-state index in [0.717, 1.165) is 11.1 Å². The maximum Gasteiger partial charge on any atom is 0.248 e. The molecule has 0 aliphatic carbocycles. The second kappa shape index (κ2) is 4.07. The van der Waals surface area contributed by atoms with Gasteiger partial charge in [-0.3, -0.25) is 4.68 Å². The second-order valence-electron chi connectivity index (χ2n) is 4.59. The molecule has 0 spiro atoms. The normalized spacial score (nSPS) is 15.6. The number of aromatic nitrogens is 2. The number of nitrogen functional groups attached to an aromatic ring is 1. The number of anilines is 1. The van der Waals surface area contributed by atoms with Gasteiger partial charge in [0.25, 0.3) is 0 Å². The largest absolute Gasteiger partial charge is 0.381 e. The molecule has 0 fully saturated rings. The van der Waals surface area contributed by atoms with Crippen LogP contribution in [0.25, 0.3) is 0 Å². The van der Waals surface area contributed by atoms with Crippen LogP contribution in [0.1, 0.15) is 11.1 Å². The summed E-state index contributed by atoms with van der Waals surface area (Å²) in [6.07, 6.45) is 1.44. The summed E-state index contributed by atoms with van der Waals surface area (Å²) in [7, 11) is -1.94. The Morgan fingerprint density at radius 2 is 1.79 bits per heavy atom. The molecule has 2 heterocycles. The molecule has 1 aromatic carbocycles. The van der Waals surface area contributed by atoms with Crippen LogP contribution in [0.2, 0.25) is 0 Å². The first kappa shape index (κ1) is 12.2. The Labute approximate surface area is 111 Å². The van der Waals surface area contributed by atoms with E-state index in [4.69, 9.17) is 5.73 Å². The van der Waals surface area contributed by atoms with Crippen molar-refractivity contribution in [2.75, 3.05) is 5.73 Å². The van der Waals surface area contributed by atoms with Crippen LogP contribution in [0, 0.1) is 0 Å². The highest BCUT2D eigenvalue weighted by Gasteiger charge is 2.32. The fraction of sp³-hybridized carbons (Fsp3) is 0.250. The minimum Gasteiger partial charge on any atom is -0.381 e. The molecule has 0 saturated heterocycles. The highest BCUT2D eigenvalue weighted by atomic mass is 32.2. The summed E-state index contributed by atoms with van der Waals surface area (Å²) in [5.74, 6) is 0.0402. The van der Waals surface area contributed by atoms with Crippen molar-refractivity contribution >= 4 is 15.8 Å². The molecule has 0 amide bonds. The summed E-state index contributed by atoms with van der Waals surface area (Å²) < 4.78 is 27.9. The quantitative estimate of drug-likeness (QED) is 0.877. The lowest BCUT2D eigenvalue weighted by molar-refractivity contribution is 0.432. The van der Waals surface area contributed by atoms with Gasteiger partial charge in [0.05, 0.1) is 0 Å². The summed E-state index contributed by atoms with van der Waals surface area (Å²) in [6, 6.07) is 7.70. The molecule has 3 rings (SSSR count). The number of hydrogen-bond acceptors (Lipinski definition) is 4. The van der Waals surface area contributed by atoms with Crippen molar-refractivity contribution in [1.29, 1.82) is 0 Å². The molecule has 19 heavy (non-hydrogen) atoms. The molecule has 0 radical (unpaired) electrons. The second-order valence-corrected chi connectivity index (χ2v) is 6.50. The molecule has 100 valence electrons. The van der Waals surface area contributed by atoms with Gasteiger partial charge in [-0.15, -0.1) is 0 Å². The van der Waals surface area contributed by atoms with Gasteiger partial charge in [0, 0.05) is 26.3 Å². The lowest BCUT2D eigenvalue weighted by Crippen LogP contribution is -2.26. The van der Waals surface area contributed by atoms with E-state index in [1.54, 1.807) is 7.05 Å². The van der Waals surface area contributed by atoms with Crippen LogP contribution in [-0.4, -0.2) is 22.5 Å². The first-order valence-electron chi connectivity index (χ1n) is 5.84. The fourth-order valence-electron chi connectivity index (χ4n) is 2.29. The Balaban J connectivity index is 1.98. The molecule has 0 unspecified atom stereocenters. The third-order valence-electron chi connectivity index (χ3n) is 3.25. The molecule has 0 atom stereocenters. The SMILES string of the molecule is Cn1cc(S(=O)(=O)N2Cc3ccccc3C2)c(N)n1. The Hall–Kier alpha value is -1.86. The van der Waals surface area contributed by atoms with Gasteiger partial charge in [0.15, 0.2) is 5.82 Å². The monoisotopic (exact) mass is 278 g/mol. The van der Waals surface area contributed by atoms with Gasteiger partial charge in [0.1, 0.15) is 4.90 Å². The minimum absolute atomic E-state index is 0.0402. The van der Waals surface area contributed by atoms with Crippen molar-refractivity contribution < 1.29 is 8.42 Å².